The van der Waals surface area contributed by atoms with Crippen LogP contribution in [0.15, 0.2) is 89.4 Å². The number of anilines is 1. The highest BCUT2D eigenvalue weighted by atomic mass is 79.9. The van der Waals surface area contributed by atoms with Crippen LogP contribution in [0.5, 0.6) is 0 Å². The highest BCUT2D eigenvalue weighted by molar-refractivity contribution is 9.10. The lowest BCUT2D eigenvalue weighted by molar-refractivity contribution is -0.140. The number of hydrogen-bond donors (Lipinski definition) is 1. The third-order valence-electron chi connectivity index (χ3n) is 6.24. The molecule has 0 radical (unpaired) electrons. The zero-order valence-corrected chi connectivity index (χ0v) is 24.3. The van der Waals surface area contributed by atoms with Crippen molar-refractivity contribution in [1.29, 1.82) is 0 Å². The molecular formula is C29H34BrN3O4S. The second kappa shape index (κ2) is 13.6. The summed E-state index contributed by atoms with van der Waals surface area (Å²) in [5.41, 5.74) is 2.09. The SMILES string of the molecule is CCC(C)NC(=O)C(Cc1ccccc1)N(Cc1ccccc1)C(=O)CN(c1cccc(Br)c1)S(C)(=O)=O. The maximum Gasteiger partial charge on any atom is 0.244 e. The Balaban J connectivity index is 2.04. The van der Waals surface area contributed by atoms with E-state index in [4.69, 9.17) is 0 Å². The first-order chi connectivity index (χ1) is 18.1. The minimum Gasteiger partial charge on any atom is -0.352 e. The number of carbonyl (C=O) groups excluding carboxylic acids is 2. The van der Waals surface area contributed by atoms with Crippen molar-refractivity contribution >= 4 is 43.5 Å². The first kappa shape index (κ1) is 29.4. The van der Waals surface area contributed by atoms with Gasteiger partial charge in [-0.05, 0) is 42.7 Å². The number of benzene rings is 3. The number of rotatable bonds is 12. The minimum absolute atomic E-state index is 0.0800. The molecule has 0 saturated carbocycles. The third-order valence-corrected chi connectivity index (χ3v) is 7.88. The number of carbonyl (C=O) groups is 2. The summed E-state index contributed by atoms with van der Waals surface area (Å²) < 4.78 is 27.4. The van der Waals surface area contributed by atoms with Gasteiger partial charge in [-0.3, -0.25) is 13.9 Å². The number of nitrogens with one attached hydrogen (secondary N) is 1. The van der Waals surface area contributed by atoms with Crippen LogP contribution in [0.3, 0.4) is 0 Å². The normalized spacial score (nSPS) is 12.8. The molecular weight excluding hydrogens is 566 g/mol. The molecule has 0 spiro atoms. The van der Waals surface area contributed by atoms with Crippen molar-refractivity contribution in [2.75, 3.05) is 17.1 Å². The van der Waals surface area contributed by atoms with E-state index in [-0.39, 0.29) is 24.9 Å². The topological polar surface area (TPSA) is 86.8 Å². The molecule has 0 heterocycles. The number of halogens is 1. The van der Waals surface area contributed by atoms with Crippen molar-refractivity contribution in [1.82, 2.24) is 10.2 Å². The smallest absolute Gasteiger partial charge is 0.244 e. The van der Waals surface area contributed by atoms with Crippen molar-refractivity contribution < 1.29 is 18.0 Å². The van der Waals surface area contributed by atoms with Crippen molar-refractivity contribution in [2.45, 2.75) is 45.3 Å². The Morgan fingerprint density at radius 1 is 0.921 bits per heavy atom. The van der Waals surface area contributed by atoms with Gasteiger partial charge in [0, 0.05) is 23.5 Å². The van der Waals surface area contributed by atoms with Gasteiger partial charge in [-0.2, -0.15) is 0 Å². The molecule has 3 aromatic carbocycles. The first-order valence-electron chi connectivity index (χ1n) is 12.5. The largest absolute Gasteiger partial charge is 0.352 e. The summed E-state index contributed by atoms with van der Waals surface area (Å²) in [4.78, 5) is 29.1. The quantitative estimate of drug-likeness (QED) is 0.325. The van der Waals surface area contributed by atoms with Crippen LogP contribution >= 0.6 is 15.9 Å². The zero-order valence-electron chi connectivity index (χ0n) is 21.9. The molecule has 2 unspecified atom stereocenters. The predicted molar refractivity (Wildman–Crippen MR) is 155 cm³/mol. The Morgan fingerprint density at radius 3 is 2.08 bits per heavy atom. The van der Waals surface area contributed by atoms with Gasteiger partial charge in [0.2, 0.25) is 21.8 Å². The van der Waals surface area contributed by atoms with E-state index in [0.29, 0.717) is 10.2 Å². The maximum atomic E-state index is 14.0. The summed E-state index contributed by atoms with van der Waals surface area (Å²) in [6, 6.07) is 24.7. The molecule has 0 aliphatic heterocycles. The number of amides is 2. The van der Waals surface area contributed by atoms with Gasteiger partial charge in [-0.25, -0.2) is 8.42 Å². The van der Waals surface area contributed by atoms with Gasteiger partial charge in [-0.15, -0.1) is 0 Å². The summed E-state index contributed by atoms with van der Waals surface area (Å²) in [7, 11) is -3.80. The first-order valence-corrected chi connectivity index (χ1v) is 15.1. The number of nitrogens with zero attached hydrogens (tertiary/aromatic N) is 2. The highest BCUT2D eigenvalue weighted by Gasteiger charge is 2.33. The van der Waals surface area contributed by atoms with E-state index >= 15 is 0 Å². The van der Waals surface area contributed by atoms with E-state index in [1.807, 2.05) is 74.5 Å². The van der Waals surface area contributed by atoms with E-state index in [1.165, 1.54) is 4.90 Å². The molecule has 38 heavy (non-hydrogen) atoms. The van der Waals surface area contributed by atoms with Gasteiger partial charge in [0.05, 0.1) is 11.9 Å². The fourth-order valence-electron chi connectivity index (χ4n) is 4.02. The molecule has 0 saturated heterocycles. The van der Waals surface area contributed by atoms with Crippen molar-refractivity contribution in [3.63, 3.8) is 0 Å². The molecule has 0 aliphatic rings. The average molecular weight is 601 g/mol. The fourth-order valence-corrected chi connectivity index (χ4v) is 5.25. The summed E-state index contributed by atoms with van der Waals surface area (Å²) in [5.74, 6) is -0.750. The fraction of sp³-hybridized carbons (Fsp3) is 0.310. The van der Waals surface area contributed by atoms with Gasteiger partial charge >= 0.3 is 0 Å². The molecule has 0 aromatic heterocycles. The van der Waals surface area contributed by atoms with Gasteiger partial charge < -0.3 is 10.2 Å². The van der Waals surface area contributed by atoms with Crippen LogP contribution < -0.4 is 9.62 Å². The lowest BCUT2D eigenvalue weighted by Crippen LogP contribution is -2.54. The van der Waals surface area contributed by atoms with Crippen LogP contribution in [0.1, 0.15) is 31.4 Å². The Bertz CT molecular complexity index is 1320. The Labute approximate surface area is 234 Å². The van der Waals surface area contributed by atoms with Gasteiger partial charge in [0.15, 0.2) is 0 Å². The molecule has 3 rings (SSSR count). The Kier molecular flexibility index (Phi) is 10.5. The highest BCUT2D eigenvalue weighted by Crippen LogP contribution is 2.23. The van der Waals surface area contributed by atoms with Crippen LogP contribution in [0, 0.1) is 0 Å². The van der Waals surface area contributed by atoms with Gasteiger partial charge in [-0.1, -0.05) is 89.6 Å². The Hall–Kier alpha value is -3.17. The van der Waals surface area contributed by atoms with Crippen LogP contribution in [0.25, 0.3) is 0 Å². The van der Waals surface area contributed by atoms with Crippen molar-refractivity contribution in [2.24, 2.45) is 0 Å². The second-order valence-electron chi connectivity index (χ2n) is 9.28. The molecule has 7 nitrogen and oxygen atoms in total. The summed E-state index contributed by atoms with van der Waals surface area (Å²) in [5, 5.41) is 3.02. The van der Waals surface area contributed by atoms with E-state index in [0.717, 1.165) is 28.1 Å². The van der Waals surface area contributed by atoms with Gasteiger partial charge in [0.1, 0.15) is 12.6 Å². The van der Waals surface area contributed by atoms with Gasteiger partial charge in [0.25, 0.3) is 0 Å². The molecule has 0 bridgehead atoms. The van der Waals surface area contributed by atoms with E-state index < -0.39 is 28.5 Å². The summed E-state index contributed by atoms with van der Waals surface area (Å²) >= 11 is 3.38. The van der Waals surface area contributed by atoms with E-state index in [1.54, 1.807) is 24.3 Å². The van der Waals surface area contributed by atoms with Crippen LogP contribution in [0.4, 0.5) is 5.69 Å². The predicted octanol–water partition coefficient (Wildman–Crippen LogP) is 4.77. The van der Waals surface area contributed by atoms with E-state index in [2.05, 4.69) is 21.2 Å². The molecule has 2 atom stereocenters. The van der Waals surface area contributed by atoms with Crippen LogP contribution in [-0.4, -0.2) is 50.0 Å². The molecule has 0 fully saturated rings. The van der Waals surface area contributed by atoms with Crippen LogP contribution in [0.2, 0.25) is 0 Å². The summed E-state index contributed by atoms with van der Waals surface area (Å²) in [6.07, 6.45) is 2.10. The lowest BCUT2D eigenvalue weighted by Gasteiger charge is -2.34. The number of hydrogen-bond acceptors (Lipinski definition) is 4. The standard InChI is InChI=1S/C29H34BrN3O4S/c1-4-22(2)31-29(35)27(18-23-12-7-5-8-13-23)32(20-24-14-9-6-10-15-24)28(34)21-33(38(3,36)37)26-17-11-16-25(30)19-26/h5-17,19,22,27H,4,18,20-21H2,1-3H3,(H,31,35). The monoisotopic (exact) mass is 599 g/mol. The van der Waals surface area contributed by atoms with Crippen LogP contribution in [-0.2, 0) is 32.6 Å². The molecule has 2 amide bonds. The Morgan fingerprint density at radius 2 is 1.53 bits per heavy atom. The van der Waals surface area contributed by atoms with Crippen molar-refractivity contribution in [3.8, 4) is 0 Å². The molecule has 9 heteroatoms. The average Bonchev–Trinajstić information content (AvgIpc) is 2.89. The molecule has 1 N–H and O–H groups in total. The summed E-state index contributed by atoms with van der Waals surface area (Å²) in [6.45, 7) is 3.61. The molecule has 3 aromatic rings. The maximum absolute atomic E-state index is 14.0. The minimum atomic E-state index is -3.80. The molecule has 202 valence electrons. The zero-order chi connectivity index (χ0) is 27.7. The number of sulfonamides is 1. The second-order valence-corrected chi connectivity index (χ2v) is 12.1. The molecule has 0 aliphatic carbocycles. The van der Waals surface area contributed by atoms with E-state index in [9.17, 15) is 18.0 Å². The lowest BCUT2D eigenvalue weighted by atomic mass is 10.0. The third kappa shape index (κ3) is 8.43. The van der Waals surface area contributed by atoms with Crippen molar-refractivity contribution in [3.05, 3.63) is 101 Å².